The molecule has 0 unspecified atom stereocenters. The first-order valence-electron chi connectivity index (χ1n) is 7.30. The Bertz CT molecular complexity index is 786. The summed E-state index contributed by atoms with van der Waals surface area (Å²) in [5, 5.41) is 0. The van der Waals surface area contributed by atoms with E-state index in [1.165, 1.54) is 17.7 Å². The van der Waals surface area contributed by atoms with Crippen molar-refractivity contribution in [1.82, 2.24) is 9.55 Å². The summed E-state index contributed by atoms with van der Waals surface area (Å²) >= 11 is 0. The molecular formula is C18H18FN3. The van der Waals surface area contributed by atoms with Crippen LogP contribution in [0.4, 0.5) is 10.3 Å². The molecule has 1 aromatic heterocycles. The van der Waals surface area contributed by atoms with Crippen molar-refractivity contribution in [2.24, 2.45) is 0 Å². The summed E-state index contributed by atoms with van der Waals surface area (Å²) in [7, 11) is 0. The lowest BCUT2D eigenvalue weighted by atomic mass is 10.1. The molecule has 4 heteroatoms. The highest BCUT2D eigenvalue weighted by Crippen LogP contribution is 2.29. The van der Waals surface area contributed by atoms with Crippen LogP contribution < -0.4 is 5.73 Å². The predicted molar refractivity (Wildman–Crippen MR) is 87.5 cm³/mol. The minimum Gasteiger partial charge on any atom is -0.369 e. The summed E-state index contributed by atoms with van der Waals surface area (Å²) < 4.78 is 15.1. The molecule has 0 aliphatic rings. The van der Waals surface area contributed by atoms with Gasteiger partial charge in [-0.1, -0.05) is 19.1 Å². The van der Waals surface area contributed by atoms with Gasteiger partial charge in [-0.05, 0) is 55.3 Å². The Labute approximate surface area is 129 Å². The summed E-state index contributed by atoms with van der Waals surface area (Å²) in [4.78, 5) is 4.38. The van der Waals surface area contributed by atoms with Gasteiger partial charge in [0.25, 0.3) is 0 Å². The number of imidazole rings is 1. The van der Waals surface area contributed by atoms with Crippen molar-refractivity contribution >= 4 is 5.95 Å². The van der Waals surface area contributed by atoms with Crippen molar-refractivity contribution in [3.8, 4) is 16.9 Å². The number of hydrogen-bond donors (Lipinski definition) is 1. The molecule has 0 amide bonds. The van der Waals surface area contributed by atoms with Gasteiger partial charge >= 0.3 is 0 Å². The van der Waals surface area contributed by atoms with Crippen molar-refractivity contribution in [3.05, 3.63) is 65.6 Å². The first-order valence-corrected chi connectivity index (χ1v) is 7.30. The van der Waals surface area contributed by atoms with Crippen LogP contribution >= 0.6 is 0 Å². The zero-order chi connectivity index (χ0) is 15.7. The lowest BCUT2D eigenvalue weighted by Gasteiger charge is -2.11. The van der Waals surface area contributed by atoms with Crippen molar-refractivity contribution in [3.63, 3.8) is 0 Å². The second kappa shape index (κ2) is 5.64. The third-order valence-electron chi connectivity index (χ3n) is 3.80. The largest absolute Gasteiger partial charge is 0.369 e. The monoisotopic (exact) mass is 295 g/mol. The van der Waals surface area contributed by atoms with Crippen LogP contribution in [-0.2, 0) is 6.42 Å². The molecule has 0 spiro atoms. The molecule has 0 fully saturated rings. The van der Waals surface area contributed by atoms with Gasteiger partial charge < -0.3 is 5.73 Å². The van der Waals surface area contributed by atoms with Crippen molar-refractivity contribution in [2.75, 3.05) is 5.73 Å². The van der Waals surface area contributed by atoms with E-state index in [1.807, 2.05) is 23.6 Å². The highest BCUT2D eigenvalue weighted by atomic mass is 19.1. The molecule has 0 radical (unpaired) electrons. The molecule has 112 valence electrons. The van der Waals surface area contributed by atoms with Crippen LogP contribution in [0.2, 0.25) is 0 Å². The van der Waals surface area contributed by atoms with E-state index in [4.69, 9.17) is 5.73 Å². The third kappa shape index (κ3) is 2.48. The fourth-order valence-corrected chi connectivity index (χ4v) is 2.64. The van der Waals surface area contributed by atoms with Gasteiger partial charge in [-0.3, -0.25) is 4.57 Å². The first kappa shape index (κ1) is 14.3. The van der Waals surface area contributed by atoms with E-state index in [-0.39, 0.29) is 5.82 Å². The second-order valence-corrected chi connectivity index (χ2v) is 5.27. The number of anilines is 1. The van der Waals surface area contributed by atoms with E-state index in [2.05, 4.69) is 24.0 Å². The zero-order valence-electron chi connectivity index (χ0n) is 12.7. The maximum absolute atomic E-state index is 13.2. The van der Waals surface area contributed by atoms with Gasteiger partial charge in [-0.25, -0.2) is 9.37 Å². The number of hydrogen-bond acceptors (Lipinski definition) is 2. The lowest BCUT2D eigenvalue weighted by Crippen LogP contribution is -2.02. The summed E-state index contributed by atoms with van der Waals surface area (Å²) in [6.07, 6.45) is 0.990. The summed E-state index contributed by atoms with van der Waals surface area (Å²) in [6, 6.07) is 14.6. The van der Waals surface area contributed by atoms with Gasteiger partial charge in [0.2, 0.25) is 5.95 Å². The average molecular weight is 295 g/mol. The van der Waals surface area contributed by atoms with Gasteiger partial charge in [0.1, 0.15) is 5.82 Å². The molecule has 0 saturated heterocycles. The van der Waals surface area contributed by atoms with E-state index in [0.717, 1.165) is 29.1 Å². The van der Waals surface area contributed by atoms with Crippen LogP contribution in [0.15, 0.2) is 48.5 Å². The van der Waals surface area contributed by atoms with Gasteiger partial charge in [0, 0.05) is 11.3 Å². The Morgan fingerprint density at radius 2 is 1.68 bits per heavy atom. The molecule has 0 aliphatic heterocycles. The van der Waals surface area contributed by atoms with Crippen LogP contribution in [0.5, 0.6) is 0 Å². The molecule has 0 aliphatic carbocycles. The van der Waals surface area contributed by atoms with Crippen LogP contribution in [0.25, 0.3) is 16.9 Å². The first-order chi connectivity index (χ1) is 10.6. The minimum atomic E-state index is -0.257. The molecule has 3 aromatic rings. The summed E-state index contributed by atoms with van der Waals surface area (Å²) in [5.41, 5.74) is 10.9. The minimum absolute atomic E-state index is 0.257. The Morgan fingerprint density at radius 3 is 2.27 bits per heavy atom. The molecule has 3 nitrogen and oxygen atoms in total. The number of halogens is 1. The number of aryl methyl sites for hydroxylation is 2. The fourth-order valence-electron chi connectivity index (χ4n) is 2.64. The van der Waals surface area contributed by atoms with Gasteiger partial charge in [-0.2, -0.15) is 0 Å². The number of nitrogens with zero attached hydrogens (tertiary/aromatic N) is 2. The van der Waals surface area contributed by atoms with Crippen molar-refractivity contribution in [2.45, 2.75) is 20.3 Å². The van der Waals surface area contributed by atoms with Crippen LogP contribution in [0, 0.1) is 12.7 Å². The average Bonchev–Trinajstić information content (AvgIpc) is 2.82. The highest BCUT2D eigenvalue weighted by molar-refractivity contribution is 5.68. The Kier molecular flexibility index (Phi) is 3.67. The predicted octanol–water partition coefficient (Wildman–Crippen LogP) is 4.13. The molecule has 3 rings (SSSR count). The number of benzene rings is 2. The number of aromatic nitrogens is 2. The standard InChI is InChI=1S/C18H18FN3/c1-3-13-4-10-16(11-5-13)22-17(12(2)21-18(22)20)14-6-8-15(19)9-7-14/h4-11H,3H2,1-2H3,(H2,20,21). The quantitative estimate of drug-likeness (QED) is 0.789. The van der Waals surface area contributed by atoms with Gasteiger partial charge in [0.05, 0.1) is 11.4 Å². The van der Waals surface area contributed by atoms with E-state index < -0.39 is 0 Å². The van der Waals surface area contributed by atoms with E-state index in [0.29, 0.717) is 5.95 Å². The maximum Gasteiger partial charge on any atom is 0.205 e. The Morgan fingerprint density at radius 1 is 1.05 bits per heavy atom. The van der Waals surface area contributed by atoms with E-state index in [1.54, 1.807) is 12.1 Å². The van der Waals surface area contributed by atoms with Gasteiger partial charge in [-0.15, -0.1) is 0 Å². The van der Waals surface area contributed by atoms with Crippen LogP contribution in [0.1, 0.15) is 18.2 Å². The molecule has 0 bridgehead atoms. The van der Waals surface area contributed by atoms with Crippen molar-refractivity contribution < 1.29 is 4.39 Å². The summed E-state index contributed by atoms with van der Waals surface area (Å²) in [5.74, 6) is 0.175. The Hall–Kier alpha value is -2.62. The number of rotatable bonds is 3. The topological polar surface area (TPSA) is 43.8 Å². The molecule has 2 aromatic carbocycles. The molecule has 22 heavy (non-hydrogen) atoms. The number of nitrogen functional groups attached to an aromatic ring is 1. The number of nitrogens with two attached hydrogens (primary N) is 1. The van der Waals surface area contributed by atoms with Gasteiger partial charge in [0.15, 0.2) is 0 Å². The highest BCUT2D eigenvalue weighted by Gasteiger charge is 2.15. The van der Waals surface area contributed by atoms with E-state index >= 15 is 0 Å². The van der Waals surface area contributed by atoms with Crippen molar-refractivity contribution in [1.29, 1.82) is 0 Å². The van der Waals surface area contributed by atoms with Crippen LogP contribution in [0.3, 0.4) is 0 Å². The molecular weight excluding hydrogens is 277 g/mol. The Balaban J connectivity index is 2.16. The SMILES string of the molecule is CCc1ccc(-n2c(N)nc(C)c2-c2ccc(F)cc2)cc1. The normalized spacial score (nSPS) is 10.9. The van der Waals surface area contributed by atoms with E-state index in [9.17, 15) is 4.39 Å². The third-order valence-corrected chi connectivity index (χ3v) is 3.80. The molecule has 0 saturated carbocycles. The maximum atomic E-state index is 13.2. The fraction of sp³-hybridized carbons (Fsp3) is 0.167. The second-order valence-electron chi connectivity index (χ2n) is 5.27. The molecule has 1 heterocycles. The summed E-state index contributed by atoms with van der Waals surface area (Å²) in [6.45, 7) is 4.03. The lowest BCUT2D eigenvalue weighted by molar-refractivity contribution is 0.628. The smallest absolute Gasteiger partial charge is 0.205 e. The molecule has 2 N–H and O–H groups in total. The van der Waals surface area contributed by atoms with Crippen LogP contribution in [-0.4, -0.2) is 9.55 Å². The zero-order valence-corrected chi connectivity index (χ0v) is 12.7. The molecule has 0 atom stereocenters.